The molecule has 0 spiro atoms. The fourth-order valence-corrected chi connectivity index (χ4v) is 3.05. The van der Waals surface area contributed by atoms with Gasteiger partial charge in [-0.3, -0.25) is 9.59 Å². The minimum absolute atomic E-state index is 0.172. The highest BCUT2D eigenvalue weighted by atomic mass is 16.4. The Kier molecular flexibility index (Phi) is 3.86. The molecule has 0 aromatic rings. The number of hydrogen-bond donors (Lipinski definition) is 3. The Balaban J connectivity index is 2.33. The molecule has 2 unspecified atom stereocenters. The molecule has 106 valence electrons. The number of aliphatic carboxylic acids is 1. The summed E-state index contributed by atoms with van der Waals surface area (Å²) in [6.45, 7) is 0.706. The molecule has 0 aromatic carbocycles. The number of carbonyl (C=O) groups is 3. The molecule has 0 aliphatic carbocycles. The Morgan fingerprint density at radius 3 is 2.63 bits per heavy atom. The van der Waals surface area contributed by atoms with Gasteiger partial charge in [-0.2, -0.15) is 0 Å². The average molecular weight is 269 g/mol. The van der Waals surface area contributed by atoms with Crippen LogP contribution in [0.15, 0.2) is 0 Å². The van der Waals surface area contributed by atoms with Crippen LogP contribution in [-0.2, 0) is 14.4 Å². The first-order chi connectivity index (χ1) is 9.04. The molecule has 0 aromatic heterocycles. The van der Waals surface area contributed by atoms with E-state index < -0.39 is 29.2 Å². The number of rotatable bonds is 4. The molecule has 0 saturated carbocycles. The van der Waals surface area contributed by atoms with Crippen LogP contribution in [0.3, 0.4) is 0 Å². The van der Waals surface area contributed by atoms with E-state index in [1.54, 1.807) is 0 Å². The van der Waals surface area contributed by atoms with Crippen LogP contribution in [-0.4, -0.2) is 58.9 Å². The minimum Gasteiger partial charge on any atom is -0.479 e. The molecule has 1 amide bonds. The van der Waals surface area contributed by atoms with Crippen molar-refractivity contribution in [1.29, 1.82) is 0 Å². The lowest BCUT2D eigenvalue weighted by Crippen LogP contribution is -2.63. The quantitative estimate of drug-likeness (QED) is 0.547. The molecule has 2 rings (SSSR count). The van der Waals surface area contributed by atoms with E-state index in [2.05, 4.69) is 5.32 Å². The number of nitrogens with zero attached hydrogens (tertiary/aromatic N) is 1. The SMILES string of the molecule is NCC(=O)N1CCCC1(C(=O)O)C(=O)C1CCCN1. The number of carboxylic acid groups (broad SMARTS) is 1. The monoisotopic (exact) mass is 269 g/mol. The number of amides is 1. The number of hydrogen-bond acceptors (Lipinski definition) is 5. The summed E-state index contributed by atoms with van der Waals surface area (Å²) in [5.41, 5.74) is 3.59. The van der Waals surface area contributed by atoms with E-state index >= 15 is 0 Å². The zero-order valence-electron chi connectivity index (χ0n) is 10.7. The largest absolute Gasteiger partial charge is 0.479 e. The van der Waals surface area contributed by atoms with E-state index in [0.29, 0.717) is 19.4 Å². The van der Waals surface area contributed by atoms with Gasteiger partial charge in [-0.05, 0) is 32.2 Å². The van der Waals surface area contributed by atoms with Crippen molar-refractivity contribution in [2.24, 2.45) is 5.73 Å². The predicted octanol–water partition coefficient (Wildman–Crippen LogP) is -1.29. The summed E-state index contributed by atoms with van der Waals surface area (Å²) in [7, 11) is 0. The van der Waals surface area contributed by atoms with Crippen LogP contribution in [0.4, 0.5) is 0 Å². The Bertz CT molecular complexity index is 406. The molecular weight excluding hydrogens is 250 g/mol. The van der Waals surface area contributed by atoms with Gasteiger partial charge in [0.2, 0.25) is 11.4 Å². The number of ketones is 1. The lowest BCUT2D eigenvalue weighted by Gasteiger charge is -2.34. The van der Waals surface area contributed by atoms with Crippen molar-refractivity contribution in [2.45, 2.75) is 37.3 Å². The van der Waals surface area contributed by atoms with Crippen molar-refractivity contribution in [3.05, 3.63) is 0 Å². The zero-order valence-corrected chi connectivity index (χ0v) is 10.7. The molecular formula is C12H19N3O4. The number of nitrogens with one attached hydrogen (secondary N) is 1. The third kappa shape index (κ3) is 2.12. The maximum atomic E-state index is 12.6. The summed E-state index contributed by atoms with van der Waals surface area (Å²) in [6.07, 6.45) is 2.15. The van der Waals surface area contributed by atoms with Gasteiger partial charge >= 0.3 is 5.97 Å². The molecule has 2 aliphatic heterocycles. The van der Waals surface area contributed by atoms with Crippen molar-refractivity contribution in [2.75, 3.05) is 19.6 Å². The van der Waals surface area contributed by atoms with Crippen LogP contribution in [0, 0.1) is 0 Å². The van der Waals surface area contributed by atoms with E-state index in [1.807, 2.05) is 0 Å². The van der Waals surface area contributed by atoms with Gasteiger partial charge in [-0.1, -0.05) is 0 Å². The Labute approximate surface area is 111 Å². The lowest BCUT2D eigenvalue weighted by molar-refractivity contribution is -0.162. The molecule has 19 heavy (non-hydrogen) atoms. The number of carboxylic acids is 1. The molecule has 0 radical (unpaired) electrons. The normalized spacial score (nSPS) is 30.6. The van der Waals surface area contributed by atoms with Crippen molar-refractivity contribution < 1.29 is 19.5 Å². The highest BCUT2D eigenvalue weighted by Crippen LogP contribution is 2.33. The van der Waals surface area contributed by atoms with E-state index in [4.69, 9.17) is 5.73 Å². The van der Waals surface area contributed by atoms with Crippen LogP contribution in [0.5, 0.6) is 0 Å². The summed E-state index contributed by atoms with van der Waals surface area (Å²) >= 11 is 0. The standard InChI is InChI=1S/C12H19N3O4/c13-7-9(16)15-6-2-4-12(15,11(18)19)10(17)8-3-1-5-14-8/h8,14H,1-7,13H2,(H,18,19). The van der Waals surface area contributed by atoms with Crippen LogP contribution in [0.2, 0.25) is 0 Å². The maximum absolute atomic E-state index is 12.6. The van der Waals surface area contributed by atoms with Crippen molar-refractivity contribution in [3.63, 3.8) is 0 Å². The zero-order chi connectivity index (χ0) is 14.0. The Hall–Kier alpha value is -1.47. The summed E-state index contributed by atoms with van der Waals surface area (Å²) in [6, 6.07) is -0.470. The maximum Gasteiger partial charge on any atom is 0.337 e. The molecule has 7 heteroatoms. The van der Waals surface area contributed by atoms with Crippen LogP contribution in [0.25, 0.3) is 0 Å². The highest BCUT2D eigenvalue weighted by Gasteiger charge is 2.57. The third-order valence-corrected chi connectivity index (χ3v) is 3.99. The van der Waals surface area contributed by atoms with E-state index in [1.165, 1.54) is 0 Å². The van der Waals surface area contributed by atoms with Gasteiger partial charge in [0.25, 0.3) is 0 Å². The fourth-order valence-electron chi connectivity index (χ4n) is 3.05. The van der Waals surface area contributed by atoms with E-state index in [9.17, 15) is 19.5 Å². The molecule has 7 nitrogen and oxygen atoms in total. The summed E-state index contributed by atoms with van der Waals surface area (Å²) in [4.78, 5) is 37.2. The third-order valence-electron chi connectivity index (χ3n) is 3.99. The first kappa shape index (κ1) is 14.0. The van der Waals surface area contributed by atoms with Gasteiger partial charge in [0.15, 0.2) is 5.78 Å². The summed E-state index contributed by atoms with van der Waals surface area (Å²) in [5, 5.41) is 12.5. The second kappa shape index (κ2) is 5.26. The van der Waals surface area contributed by atoms with Crippen molar-refractivity contribution in [3.8, 4) is 0 Å². The molecule has 2 fully saturated rings. The Morgan fingerprint density at radius 1 is 1.37 bits per heavy atom. The van der Waals surface area contributed by atoms with Gasteiger partial charge in [-0.15, -0.1) is 0 Å². The van der Waals surface area contributed by atoms with Gasteiger partial charge in [0.05, 0.1) is 12.6 Å². The summed E-state index contributed by atoms with van der Waals surface area (Å²) < 4.78 is 0. The van der Waals surface area contributed by atoms with Crippen LogP contribution < -0.4 is 11.1 Å². The Morgan fingerprint density at radius 2 is 2.11 bits per heavy atom. The molecule has 4 N–H and O–H groups in total. The fraction of sp³-hybridized carbons (Fsp3) is 0.750. The molecule has 2 aliphatic rings. The second-order valence-corrected chi connectivity index (χ2v) is 5.03. The van der Waals surface area contributed by atoms with E-state index in [-0.39, 0.29) is 19.5 Å². The highest BCUT2D eigenvalue weighted by molar-refractivity contribution is 6.13. The number of carbonyl (C=O) groups excluding carboxylic acids is 2. The predicted molar refractivity (Wildman–Crippen MR) is 66.4 cm³/mol. The smallest absolute Gasteiger partial charge is 0.337 e. The molecule has 2 saturated heterocycles. The summed E-state index contributed by atoms with van der Waals surface area (Å²) in [5.74, 6) is -2.13. The minimum atomic E-state index is -1.72. The first-order valence-corrected chi connectivity index (χ1v) is 6.55. The second-order valence-electron chi connectivity index (χ2n) is 5.03. The molecule has 2 atom stereocenters. The number of likely N-dealkylation sites (tertiary alicyclic amines) is 1. The molecule has 0 bridgehead atoms. The first-order valence-electron chi connectivity index (χ1n) is 6.55. The lowest BCUT2D eigenvalue weighted by atomic mass is 9.86. The van der Waals surface area contributed by atoms with Crippen molar-refractivity contribution >= 4 is 17.7 Å². The van der Waals surface area contributed by atoms with Gasteiger partial charge in [-0.25, -0.2) is 4.79 Å². The van der Waals surface area contributed by atoms with Crippen molar-refractivity contribution in [1.82, 2.24) is 10.2 Å². The molecule has 2 heterocycles. The van der Waals surface area contributed by atoms with E-state index in [0.717, 1.165) is 11.3 Å². The van der Waals surface area contributed by atoms with Crippen LogP contribution >= 0.6 is 0 Å². The number of nitrogens with two attached hydrogens (primary N) is 1. The number of Topliss-reactive ketones (excluding diaryl/α,β-unsaturated/α-hetero) is 1. The average Bonchev–Trinajstić information content (AvgIpc) is 3.06. The van der Waals surface area contributed by atoms with Gasteiger partial charge in [0, 0.05) is 6.54 Å². The van der Waals surface area contributed by atoms with Crippen LogP contribution in [0.1, 0.15) is 25.7 Å². The van der Waals surface area contributed by atoms with Gasteiger partial charge in [0.1, 0.15) is 0 Å². The topological polar surface area (TPSA) is 113 Å². The van der Waals surface area contributed by atoms with Gasteiger partial charge < -0.3 is 21.1 Å².